The van der Waals surface area contributed by atoms with Gasteiger partial charge in [-0.05, 0) is 67.7 Å². The molecule has 1 fully saturated rings. The molecule has 1 aliphatic rings. The monoisotopic (exact) mass is 529 g/mol. The standard InChI is InChI=1S/C31H27N7S/c1-17(2)26-12-13-27(39-26)22-8-5-9-24-28(22)36-31(35-24)30-29-25(37-38-30)11-10-23(34-29)20-14-21(16-32-15-20)33-18(3)19-6-4-7-19/h5,8-16,19,33H,1,3-4,6-7H2,2H3,(H,35,36)(H,37,38). The lowest BCUT2D eigenvalue weighted by Crippen LogP contribution is -2.18. The first kappa shape index (κ1) is 23.5. The number of aromatic amines is 2. The molecule has 0 spiro atoms. The summed E-state index contributed by atoms with van der Waals surface area (Å²) in [6.07, 6.45) is 7.34. The van der Waals surface area contributed by atoms with Gasteiger partial charge in [-0.25, -0.2) is 9.97 Å². The van der Waals surface area contributed by atoms with Gasteiger partial charge in [-0.2, -0.15) is 5.10 Å². The minimum Gasteiger partial charge on any atom is -0.358 e. The molecule has 1 aliphatic carbocycles. The second-order valence-electron chi connectivity index (χ2n) is 10.1. The molecule has 0 unspecified atom stereocenters. The fourth-order valence-electron chi connectivity index (χ4n) is 4.97. The number of aromatic nitrogens is 6. The van der Waals surface area contributed by atoms with Crippen LogP contribution in [0, 0.1) is 5.92 Å². The van der Waals surface area contributed by atoms with Gasteiger partial charge in [-0.15, -0.1) is 11.3 Å². The average molecular weight is 530 g/mol. The highest BCUT2D eigenvalue weighted by Crippen LogP contribution is 2.37. The van der Waals surface area contributed by atoms with E-state index in [1.54, 1.807) is 11.3 Å². The van der Waals surface area contributed by atoms with Crippen LogP contribution in [0.15, 0.2) is 79.8 Å². The van der Waals surface area contributed by atoms with Crippen LogP contribution < -0.4 is 5.32 Å². The van der Waals surface area contributed by atoms with Gasteiger partial charge in [0.15, 0.2) is 11.5 Å². The van der Waals surface area contributed by atoms with E-state index in [1.165, 1.54) is 24.1 Å². The highest BCUT2D eigenvalue weighted by molar-refractivity contribution is 7.16. The van der Waals surface area contributed by atoms with E-state index < -0.39 is 0 Å². The summed E-state index contributed by atoms with van der Waals surface area (Å²) in [4.78, 5) is 20.2. The van der Waals surface area contributed by atoms with E-state index in [0.29, 0.717) is 17.4 Å². The molecule has 1 aromatic carbocycles. The summed E-state index contributed by atoms with van der Waals surface area (Å²) in [5.41, 5.74) is 10.0. The number of allylic oxidation sites excluding steroid dienone is 2. The number of H-pyrrole nitrogens is 2. The van der Waals surface area contributed by atoms with E-state index in [0.717, 1.165) is 60.7 Å². The van der Waals surface area contributed by atoms with Crippen molar-refractivity contribution in [1.29, 1.82) is 0 Å². The van der Waals surface area contributed by atoms with Crippen molar-refractivity contribution in [3.63, 3.8) is 0 Å². The molecule has 0 bridgehead atoms. The molecule has 0 radical (unpaired) electrons. The minimum absolute atomic E-state index is 0.550. The average Bonchev–Trinajstić information content (AvgIpc) is 3.65. The number of para-hydroxylation sites is 1. The first-order valence-corrected chi connectivity index (χ1v) is 13.9. The summed E-state index contributed by atoms with van der Waals surface area (Å²) in [5.74, 6) is 1.23. The largest absolute Gasteiger partial charge is 0.358 e. The molecule has 6 aromatic rings. The summed E-state index contributed by atoms with van der Waals surface area (Å²) < 4.78 is 0. The Morgan fingerprint density at radius 1 is 1.00 bits per heavy atom. The van der Waals surface area contributed by atoms with E-state index in [1.807, 2.05) is 43.6 Å². The second kappa shape index (κ2) is 9.32. The van der Waals surface area contributed by atoms with Gasteiger partial charge in [-0.1, -0.05) is 31.7 Å². The summed E-state index contributed by atoms with van der Waals surface area (Å²) in [7, 11) is 0. The fraction of sp³-hybridized carbons (Fsp3) is 0.161. The van der Waals surface area contributed by atoms with Crippen molar-refractivity contribution in [3.05, 3.63) is 84.7 Å². The van der Waals surface area contributed by atoms with Crippen LogP contribution in [0.5, 0.6) is 0 Å². The third kappa shape index (κ3) is 4.23. The Morgan fingerprint density at radius 2 is 1.90 bits per heavy atom. The van der Waals surface area contributed by atoms with Crippen molar-refractivity contribution < 1.29 is 0 Å². The van der Waals surface area contributed by atoms with Crippen LogP contribution in [0.3, 0.4) is 0 Å². The van der Waals surface area contributed by atoms with Crippen LogP contribution in [0.25, 0.3) is 60.9 Å². The molecule has 7 nitrogen and oxygen atoms in total. The van der Waals surface area contributed by atoms with Gasteiger partial charge in [0.05, 0.1) is 34.1 Å². The number of benzene rings is 1. The Balaban J connectivity index is 1.25. The summed E-state index contributed by atoms with van der Waals surface area (Å²) in [5, 5.41) is 11.1. The first-order valence-electron chi connectivity index (χ1n) is 13.0. The van der Waals surface area contributed by atoms with E-state index in [2.05, 4.69) is 62.9 Å². The molecule has 192 valence electrons. The number of hydrogen-bond donors (Lipinski definition) is 3. The predicted octanol–water partition coefficient (Wildman–Crippen LogP) is 8.05. The fourth-order valence-corrected chi connectivity index (χ4v) is 5.93. The summed E-state index contributed by atoms with van der Waals surface area (Å²) in [6, 6.07) is 16.5. The zero-order chi connectivity index (χ0) is 26.5. The molecule has 39 heavy (non-hydrogen) atoms. The predicted molar refractivity (Wildman–Crippen MR) is 160 cm³/mol. The maximum atomic E-state index is 4.99. The third-order valence-electron chi connectivity index (χ3n) is 7.37. The number of imidazole rings is 1. The lowest BCUT2D eigenvalue weighted by molar-refractivity contribution is 0.371. The van der Waals surface area contributed by atoms with Gasteiger partial charge in [0, 0.05) is 32.8 Å². The summed E-state index contributed by atoms with van der Waals surface area (Å²) in [6.45, 7) is 10.3. The number of thiophene rings is 1. The molecule has 0 aliphatic heterocycles. The van der Waals surface area contributed by atoms with Gasteiger partial charge in [0.2, 0.25) is 0 Å². The van der Waals surface area contributed by atoms with Crippen molar-refractivity contribution >= 4 is 44.7 Å². The van der Waals surface area contributed by atoms with E-state index in [4.69, 9.17) is 9.97 Å². The maximum Gasteiger partial charge on any atom is 0.161 e. The van der Waals surface area contributed by atoms with Crippen LogP contribution in [0.2, 0.25) is 0 Å². The molecule has 8 heteroatoms. The van der Waals surface area contributed by atoms with Crippen LogP contribution in [0.1, 0.15) is 31.1 Å². The molecule has 3 N–H and O–H groups in total. The minimum atomic E-state index is 0.550. The SMILES string of the molecule is C=C(C)c1ccc(-c2cccc3[nH]c(-c4n[nH]c5ccc(-c6cncc(NC(=C)C7CCC7)c6)nc45)nc23)s1. The molecule has 1 saturated carbocycles. The normalized spacial score (nSPS) is 13.6. The number of hydrogen-bond acceptors (Lipinski definition) is 6. The zero-order valence-corrected chi connectivity index (χ0v) is 22.4. The first-order chi connectivity index (χ1) is 19.0. The highest BCUT2D eigenvalue weighted by atomic mass is 32.1. The van der Waals surface area contributed by atoms with Gasteiger partial charge in [0.1, 0.15) is 5.52 Å². The highest BCUT2D eigenvalue weighted by Gasteiger charge is 2.21. The molecular formula is C31H27N7S. The van der Waals surface area contributed by atoms with Crippen molar-refractivity contribution in [2.24, 2.45) is 5.92 Å². The van der Waals surface area contributed by atoms with Gasteiger partial charge >= 0.3 is 0 Å². The number of pyridine rings is 2. The topological polar surface area (TPSA) is 95.2 Å². The van der Waals surface area contributed by atoms with E-state index in [9.17, 15) is 0 Å². The van der Waals surface area contributed by atoms with Crippen molar-refractivity contribution in [2.45, 2.75) is 26.2 Å². The molecule has 0 atom stereocenters. The Morgan fingerprint density at radius 3 is 2.69 bits per heavy atom. The molecular weight excluding hydrogens is 502 g/mol. The van der Waals surface area contributed by atoms with E-state index in [-0.39, 0.29) is 0 Å². The Labute approximate surface area is 229 Å². The number of anilines is 1. The van der Waals surface area contributed by atoms with Crippen molar-refractivity contribution in [1.82, 2.24) is 30.1 Å². The van der Waals surface area contributed by atoms with E-state index >= 15 is 0 Å². The molecule has 0 amide bonds. The molecule has 0 saturated heterocycles. The zero-order valence-electron chi connectivity index (χ0n) is 21.6. The lowest BCUT2D eigenvalue weighted by Gasteiger charge is -2.28. The van der Waals surface area contributed by atoms with Crippen LogP contribution >= 0.6 is 11.3 Å². The quantitative estimate of drug-likeness (QED) is 0.194. The number of nitrogens with one attached hydrogen (secondary N) is 3. The lowest BCUT2D eigenvalue weighted by atomic mass is 9.83. The van der Waals surface area contributed by atoms with Crippen LogP contribution in [-0.2, 0) is 0 Å². The molecule has 5 aromatic heterocycles. The Hall–Kier alpha value is -4.56. The molecule has 5 heterocycles. The molecule has 7 rings (SSSR count). The van der Waals surface area contributed by atoms with Crippen molar-refractivity contribution in [3.8, 4) is 33.2 Å². The van der Waals surface area contributed by atoms with Crippen molar-refractivity contribution in [2.75, 3.05) is 5.32 Å². The van der Waals surface area contributed by atoms with Crippen LogP contribution in [-0.4, -0.2) is 30.1 Å². The second-order valence-corrected chi connectivity index (χ2v) is 11.2. The van der Waals surface area contributed by atoms with Gasteiger partial charge in [-0.3, -0.25) is 10.1 Å². The Kier molecular flexibility index (Phi) is 5.63. The summed E-state index contributed by atoms with van der Waals surface area (Å²) >= 11 is 1.72. The van der Waals surface area contributed by atoms with Gasteiger partial charge < -0.3 is 10.3 Å². The van der Waals surface area contributed by atoms with Crippen LogP contribution in [0.4, 0.5) is 5.69 Å². The third-order valence-corrected chi connectivity index (χ3v) is 8.65. The number of fused-ring (bicyclic) bond motifs is 2. The Bertz CT molecular complexity index is 1890. The number of rotatable bonds is 7. The number of nitrogens with zero attached hydrogens (tertiary/aromatic N) is 4. The smallest absolute Gasteiger partial charge is 0.161 e. The van der Waals surface area contributed by atoms with Gasteiger partial charge in [0.25, 0.3) is 0 Å². The maximum absolute atomic E-state index is 4.99.